The van der Waals surface area contributed by atoms with E-state index in [1.54, 1.807) is 0 Å². The molecule has 5 nitrogen and oxygen atoms in total. The zero-order valence-electron chi connectivity index (χ0n) is 35.4. The van der Waals surface area contributed by atoms with Gasteiger partial charge in [0.05, 0.1) is 16.0 Å². The topological polar surface area (TPSA) is 68.2 Å². The van der Waals surface area contributed by atoms with Crippen LogP contribution >= 0.6 is 0 Å². The maximum absolute atomic E-state index is 11.9. The van der Waals surface area contributed by atoms with Crippen LogP contribution < -0.4 is 10.4 Å². The molecule has 0 aliphatic rings. The van der Waals surface area contributed by atoms with Crippen LogP contribution in [0.3, 0.4) is 0 Å². The van der Waals surface area contributed by atoms with E-state index in [0.717, 1.165) is 77.0 Å². The molecule has 9 heteroatoms. The van der Waals surface area contributed by atoms with Crippen LogP contribution in [0, 0.1) is 0 Å². The standard InChI is InChI=1S/C42H78O5Si4/c1-15-33-39(34-16-2,40(19-5,20-6)49(11,12)46-41(21-7,22-8)48(9,10)43)45-51(37-29-25-23-26-30-37,38-31-27-24-28-32-38)42(35-17-3,36-18-4)47-50(13,14)44/h23-32,43-44H,15-22,33-36H2,1-14H3. The highest BCUT2D eigenvalue weighted by Crippen LogP contribution is 2.62. The summed E-state index contributed by atoms with van der Waals surface area (Å²) in [4.78, 5) is 23.8. The Bertz CT molecular complexity index is 1230. The average molecular weight is 775 g/mol. The number of hydrogen-bond donors (Lipinski definition) is 2. The van der Waals surface area contributed by atoms with E-state index < -0.39 is 49.6 Å². The van der Waals surface area contributed by atoms with E-state index in [9.17, 15) is 9.59 Å². The van der Waals surface area contributed by atoms with Crippen LogP contribution in [0.25, 0.3) is 0 Å². The zero-order chi connectivity index (χ0) is 38.8. The third-order valence-electron chi connectivity index (χ3n) is 12.4. The summed E-state index contributed by atoms with van der Waals surface area (Å²) < 4.78 is 23.9. The first-order valence-electron chi connectivity index (χ1n) is 20.5. The van der Waals surface area contributed by atoms with Crippen molar-refractivity contribution in [2.45, 2.75) is 193 Å². The average Bonchev–Trinajstić information content (AvgIpc) is 3.06. The monoisotopic (exact) mass is 774 g/mol. The van der Waals surface area contributed by atoms with Gasteiger partial charge < -0.3 is 22.9 Å². The summed E-state index contributed by atoms with van der Waals surface area (Å²) in [5, 5.41) is 0.857. The first kappa shape index (κ1) is 46.3. The van der Waals surface area contributed by atoms with E-state index in [0.29, 0.717) is 0 Å². The lowest BCUT2D eigenvalue weighted by atomic mass is 9.76. The second kappa shape index (κ2) is 18.6. The van der Waals surface area contributed by atoms with Crippen molar-refractivity contribution in [2.75, 3.05) is 0 Å². The summed E-state index contributed by atoms with van der Waals surface area (Å²) in [5.74, 6) is 0. The van der Waals surface area contributed by atoms with Crippen molar-refractivity contribution in [3.63, 3.8) is 0 Å². The Balaban J connectivity index is 3.35. The maximum atomic E-state index is 11.9. The summed E-state index contributed by atoms with van der Waals surface area (Å²) >= 11 is 0. The maximum Gasteiger partial charge on any atom is 0.329 e. The first-order chi connectivity index (χ1) is 23.8. The zero-order valence-corrected chi connectivity index (χ0v) is 39.4. The fourth-order valence-corrected chi connectivity index (χ4v) is 26.3. The van der Waals surface area contributed by atoms with E-state index in [4.69, 9.17) is 13.3 Å². The van der Waals surface area contributed by atoms with Crippen LogP contribution in [0.15, 0.2) is 60.7 Å². The summed E-state index contributed by atoms with van der Waals surface area (Å²) in [7, 11) is -12.0. The van der Waals surface area contributed by atoms with Gasteiger partial charge in [-0.25, -0.2) is 0 Å². The van der Waals surface area contributed by atoms with Gasteiger partial charge in [-0.05, 0) is 101 Å². The molecule has 0 fully saturated rings. The first-order valence-corrected chi connectivity index (χ1v) is 31.1. The minimum absolute atomic E-state index is 0.292. The minimum Gasteiger partial charge on any atom is -0.429 e. The number of hydrogen-bond acceptors (Lipinski definition) is 5. The van der Waals surface area contributed by atoms with Gasteiger partial charge in [0, 0.05) is 5.04 Å². The van der Waals surface area contributed by atoms with E-state index >= 15 is 0 Å². The van der Waals surface area contributed by atoms with Gasteiger partial charge in [0.25, 0.3) is 8.32 Å². The Hall–Kier alpha value is -0.892. The van der Waals surface area contributed by atoms with Crippen LogP contribution in [0.2, 0.25) is 44.3 Å². The Labute approximate surface area is 319 Å². The van der Waals surface area contributed by atoms with Gasteiger partial charge in [-0.1, -0.05) is 142 Å². The highest BCUT2D eigenvalue weighted by atomic mass is 28.4. The molecule has 2 N–H and O–H groups in total. The molecule has 2 aromatic carbocycles. The molecule has 2 rings (SSSR count). The van der Waals surface area contributed by atoms with Crippen molar-refractivity contribution in [2.24, 2.45) is 0 Å². The van der Waals surface area contributed by atoms with Gasteiger partial charge in [0.1, 0.15) is 0 Å². The predicted octanol–water partition coefficient (Wildman–Crippen LogP) is 10.8. The molecule has 0 bridgehead atoms. The highest BCUT2D eigenvalue weighted by Gasteiger charge is 2.68. The molecule has 0 spiro atoms. The molecule has 0 atom stereocenters. The lowest BCUT2D eigenvalue weighted by Gasteiger charge is -2.63. The SMILES string of the molecule is CCCC(CCC)(O[Si](c1ccccc1)(c1ccccc1)C(CCC)(CCC)O[Si](C)(C)O)C(CC)(CC)[Si](C)(C)OC(CC)(CC)[Si](C)(C)O. The second-order valence-corrected chi connectivity index (χ2v) is 31.7. The summed E-state index contributed by atoms with van der Waals surface area (Å²) in [6, 6.07) is 22.0. The van der Waals surface area contributed by atoms with Crippen molar-refractivity contribution < 1.29 is 22.9 Å². The van der Waals surface area contributed by atoms with Gasteiger partial charge in [0.15, 0.2) is 8.32 Å². The Morgan fingerprint density at radius 2 is 0.882 bits per heavy atom. The van der Waals surface area contributed by atoms with Gasteiger partial charge in [-0.2, -0.15) is 0 Å². The van der Waals surface area contributed by atoms with E-state index in [-0.39, 0.29) is 5.04 Å². The lowest BCUT2D eigenvalue weighted by molar-refractivity contribution is -0.0466. The molecular weight excluding hydrogens is 697 g/mol. The lowest BCUT2D eigenvalue weighted by Crippen LogP contribution is -2.81. The summed E-state index contributed by atoms with van der Waals surface area (Å²) in [6.45, 7) is 31.1. The molecular formula is C42H78O5Si4. The van der Waals surface area contributed by atoms with Crippen LogP contribution in [-0.4, -0.2) is 59.2 Å². The van der Waals surface area contributed by atoms with Crippen LogP contribution in [-0.2, 0) is 13.3 Å². The molecule has 0 heterocycles. The van der Waals surface area contributed by atoms with Gasteiger partial charge >= 0.3 is 8.56 Å². The van der Waals surface area contributed by atoms with Crippen LogP contribution in [0.4, 0.5) is 0 Å². The third kappa shape index (κ3) is 9.15. The minimum atomic E-state index is -3.44. The van der Waals surface area contributed by atoms with Crippen molar-refractivity contribution in [1.82, 2.24) is 0 Å². The third-order valence-corrected chi connectivity index (χ3v) is 25.9. The van der Waals surface area contributed by atoms with E-state index in [2.05, 4.69) is 142 Å². The van der Waals surface area contributed by atoms with Crippen LogP contribution in [0.1, 0.15) is 132 Å². The van der Waals surface area contributed by atoms with Crippen molar-refractivity contribution >= 4 is 43.9 Å². The van der Waals surface area contributed by atoms with Crippen molar-refractivity contribution in [1.29, 1.82) is 0 Å². The molecule has 51 heavy (non-hydrogen) atoms. The molecule has 0 aliphatic heterocycles. The number of benzene rings is 2. The molecule has 0 aromatic heterocycles. The predicted molar refractivity (Wildman–Crippen MR) is 230 cm³/mol. The van der Waals surface area contributed by atoms with Crippen LogP contribution in [0.5, 0.6) is 0 Å². The molecule has 0 radical (unpaired) electrons. The molecule has 0 saturated carbocycles. The normalized spacial score (nSPS) is 14.3. The molecule has 2 aromatic rings. The molecule has 0 aliphatic carbocycles. The molecule has 0 saturated heterocycles. The van der Waals surface area contributed by atoms with Gasteiger partial charge in [-0.15, -0.1) is 0 Å². The second-order valence-electron chi connectivity index (χ2n) is 16.7. The molecule has 0 amide bonds. The molecule has 0 unspecified atom stereocenters. The van der Waals surface area contributed by atoms with Crippen molar-refractivity contribution in [3.8, 4) is 0 Å². The largest absolute Gasteiger partial charge is 0.429 e. The van der Waals surface area contributed by atoms with Gasteiger partial charge in [-0.3, -0.25) is 0 Å². The highest BCUT2D eigenvalue weighted by molar-refractivity contribution is 7.00. The molecule has 292 valence electrons. The Morgan fingerprint density at radius 1 is 0.490 bits per heavy atom. The van der Waals surface area contributed by atoms with E-state index in [1.807, 2.05) is 13.1 Å². The fourth-order valence-electron chi connectivity index (χ4n) is 10.4. The summed E-state index contributed by atoms with van der Waals surface area (Å²) in [6.07, 6.45) is 10.6. The Kier molecular flexibility index (Phi) is 16.9. The summed E-state index contributed by atoms with van der Waals surface area (Å²) in [5.41, 5.74) is -0.556. The quantitative estimate of drug-likeness (QED) is 0.104. The Morgan fingerprint density at radius 3 is 1.18 bits per heavy atom. The fraction of sp³-hybridized carbons (Fsp3) is 0.714. The van der Waals surface area contributed by atoms with Crippen molar-refractivity contribution in [3.05, 3.63) is 60.7 Å². The van der Waals surface area contributed by atoms with E-state index in [1.165, 1.54) is 10.4 Å². The van der Waals surface area contributed by atoms with Gasteiger partial charge in [0.2, 0.25) is 8.32 Å². The smallest absolute Gasteiger partial charge is 0.329 e. The number of rotatable bonds is 24.